The molecule has 0 unspecified atom stereocenters. The van der Waals surface area contributed by atoms with Crippen molar-refractivity contribution in [2.75, 3.05) is 0 Å². The molecule has 0 saturated heterocycles. The van der Waals surface area contributed by atoms with E-state index >= 15 is 0 Å². The minimum Gasteiger partial charge on any atom is -1.00 e. The summed E-state index contributed by atoms with van der Waals surface area (Å²) in [5, 5.41) is 0. The molecule has 2 heteroatoms. The molecule has 0 radical (unpaired) electrons. The van der Waals surface area contributed by atoms with Crippen LogP contribution in [0, 0.1) is 0 Å². The van der Waals surface area contributed by atoms with Crippen molar-refractivity contribution < 1.29 is 8.33 Å². The van der Waals surface area contributed by atoms with Gasteiger partial charge in [-0.3, -0.25) is 0 Å². The number of rotatable bonds is 0. The first-order valence-corrected chi connectivity index (χ1v) is 1.49. The van der Waals surface area contributed by atoms with Gasteiger partial charge in [0.05, 0.1) is 0 Å². The van der Waals surface area contributed by atoms with E-state index in [1.165, 1.54) is 0 Å². The molecule has 0 atom stereocenters. The van der Waals surface area contributed by atoms with Crippen LogP contribution in [0.25, 0.3) is 0 Å². The topological polar surface area (TPSA) is 31.5 Å². The molecule has 1 nitrogen and oxygen atoms in total. The van der Waals surface area contributed by atoms with Gasteiger partial charge in [0, 0.05) is 0 Å². The van der Waals surface area contributed by atoms with Gasteiger partial charge in [-0.1, -0.05) is 12.2 Å². The number of allylic oxidation sites excluding steroid dienone is 2. The summed E-state index contributed by atoms with van der Waals surface area (Å²) in [7, 11) is 0. The zero-order valence-electron chi connectivity index (χ0n) is 6.36. The van der Waals surface area contributed by atoms with Crippen LogP contribution in [0.4, 0.5) is 0 Å². The molecule has 0 heterocycles. The Morgan fingerprint density at radius 1 is 1.17 bits per heavy atom. The van der Waals surface area contributed by atoms with E-state index < -0.39 is 0 Å². The van der Waals surface area contributed by atoms with Crippen molar-refractivity contribution in [2.24, 2.45) is 0 Å². The second-order valence-corrected chi connectivity index (χ2v) is 0.667. The SMILES string of the molecule is CC=CC.O.[Ca+2].[H-].[H-]. The first kappa shape index (κ1) is 15.8. The summed E-state index contributed by atoms with van der Waals surface area (Å²) in [6.45, 7) is 4.00. The van der Waals surface area contributed by atoms with E-state index in [4.69, 9.17) is 0 Å². The fraction of sp³-hybridized carbons (Fsp3) is 0.500. The molecule has 0 aliphatic heterocycles. The van der Waals surface area contributed by atoms with E-state index in [2.05, 4.69) is 0 Å². The van der Waals surface area contributed by atoms with Gasteiger partial charge in [-0.05, 0) is 13.8 Å². The molecule has 0 fully saturated rings. The van der Waals surface area contributed by atoms with Crippen molar-refractivity contribution in [3.05, 3.63) is 12.2 Å². The van der Waals surface area contributed by atoms with Crippen LogP contribution in [0.5, 0.6) is 0 Å². The standard InChI is InChI=1S/C4H8.Ca.H2O.2H/c1-3-4-2;;;;/h3-4H,1-2H3;;1H2;;/q;+2;;2*-1. The maximum Gasteiger partial charge on any atom is 2.00 e. The third-order valence-electron chi connectivity index (χ3n) is 0.333. The summed E-state index contributed by atoms with van der Waals surface area (Å²) in [5.41, 5.74) is 0. The summed E-state index contributed by atoms with van der Waals surface area (Å²) in [5.74, 6) is 0. The smallest absolute Gasteiger partial charge is 1.00 e. The van der Waals surface area contributed by atoms with Crippen molar-refractivity contribution >= 4 is 37.7 Å². The molecular formula is C4H12CaO. The molecule has 0 aliphatic rings. The zero-order chi connectivity index (χ0) is 3.41. The second-order valence-electron chi connectivity index (χ2n) is 0.667. The van der Waals surface area contributed by atoms with Gasteiger partial charge >= 0.3 is 37.7 Å². The molecule has 6 heavy (non-hydrogen) atoms. The van der Waals surface area contributed by atoms with Crippen molar-refractivity contribution in [3.63, 3.8) is 0 Å². The van der Waals surface area contributed by atoms with Crippen LogP contribution in [0.15, 0.2) is 12.2 Å². The van der Waals surface area contributed by atoms with Gasteiger partial charge in [0.25, 0.3) is 0 Å². The van der Waals surface area contributed by atoms with Gasteiger partial charge in [-0.15, -0.1) is 0 Å². The molecule has 36 valence electrons. The molecule has 0 aromatic rings. The first-order valence-electron chi connectivity index (χ1n) is 1.49. The van der Waals surface area contributed by atoms with E-state index in [9.17, 15) is 0 Å². The Labute approximate surface area is 71.7 Å². The Morgan fingerprint density at radius 2 is 1.33 bits per heavy atom. The Kier molecular flexibility index (Phi) is 44.0. The Hall–Kier alpha value is 0.960. The minimum absolute atomic E-state index is 0. The molecule has 0 rings (SSSR count). The van der Waals surface area contributed by atoms with Gasteiger partial charge < -0.3 is 8.33 Å². The van der Waals surface area contributed by atoms with Gasteiger partial charge in [-0.2, -0.15) is 0 Å². The molecule has 0 amide bonds. The molecule has 0 bridgehead atoms. The van der Waals surface area contributed by atoms with Crippen LogP contribution in [0.1, 0.15) is 16.7 Å². The number of hydrogen-bond donors (Lipinski definition) is 0. The van der Waals surface area contributed by atoms with E-state index in [0.717, 1.165) is 0 Å². The molecule has 0 aliphatic carbocycles. The predicted molar refractivity (Wildman–Crippen MR) is 32.1 cm³/mol. The normalized spacial score (nSPS) is 6.33. The van der Waals surface area contributed by atoms with E-state index in [1.807, 2.05) is 26.0 Å². The average Bonchev–Trinajstić information content (AvgIpc) is 1.37. The Balaban J connectivity index is -0.00000000750. The average molecular weight is 116 g/mol. The Bertz CT molecular complexity index is 29.2. The van der Waals surface area contributed by atoms with Gasteiger partial charge in [0.15, 0.2) is 0 Å². The van der Waals surface area contributed by atoms with Gasteiger partial charge in [0.2, 0.25) is 0 Å². The molecule has 0 spiro atoms. The zero-order valence-corrected chi connectivity index (χ0v) is 6.57. The molecule has 0 saturated carbocycles. The molecule has 0 aromatic heterocycles. The van der Waals surface area contributed by atoms with Crippen molar-refractivity contribution in [1.29, 1.82) is 0 Å². The first-order chi connectivity index (χ1) is 1.91. The van der Waals surface area contributed by atoms with E-state index in [1.54, 1.807) is 0 Å². The number of hydrogen-bond acceptors (Lipinski definition) is 0. The Morgan fingerprint density at radius 3 is 1.33 bits per heavy atom. The monoisotopic (exact) mass is 116 g/mol. The summed E-state index contributed by atoms with van der Waals surface area (Å²) >= 11 is 0. The summed E-state index contributed by atoms with van der Waals surface area (Å²) in [6.07, 6.45) is 4.00. The van der Waals surface area contributed by atoms with Crippen LogP contribution in [0.3, 0.4) is 0 Å². The van der Waals surface area contributed by atoms with Crippen molar-refractivity contribution in [3.8, 4) is 0 Å². The minimum atomic E-state index is 0. The molecule has 0 aromatic carbocycles. The third kappa shape index (κ3) is 20.2. The summed E-state index contributed by atoms with van der Waals surface area (Å²) in [6, 6.07) is 0. The fourth-order valence-electron chi connectivity index (χ4n) is 0. The van der Waals surface area contributed by atoms with Crippen molar-refractivity contribution in [2.45, 2.75) is 13.8 Å². The van der Waals surface area contributed by atoms with Gasteiger partial charge in [0.1, 0.15) is 0 Å². The van der Waals surface area contributed by atoms with Crippen LogP contribution in [-0.2, 0) is 0 Å². The predicted octanol–water partition coefficient (Wildman–Crippen LogP) is 0.602. The quantitative estimate of drug-likeness (QED) is 0.328. The van der Waals surface area contributed by atoms with Crippen molar-refractivity contribution in [1.82, 2.24) is 0 Å². The largest absolute Gasteiger partial charge is 2.00 e. The van der Waals surface area contributed by atoms with Crippen LogP contribution >= 0.6 is 0 Å². The maximum atomic E-state index is 2.00. The summed E-state index contributed by atoms with van der Waals surface area (Å²) in [4.78, 5) is 0. The fourth-order valence-corrected chi connectivity index (χ4v) is 0. The molecule has 2 N–H and O–H groups in total. The molecular weight excluding hydrogens is 104 g/mol. The van der Waals surface area contributed by atoms with E-state index in [-0.39, 0.29) is 46.1 Å². The van der Waals surface area contributed by atoms with Crippen LogP contribution in [0.2, 0.25) is 0 Å². The van der Waals surface area contributed by atoms with Crippen LogP contribution < -0.4 is 0 Å². The third-order valence-corrected chi connectivity index (χ3v) is 0.333. The summed E-state index contributed by atoms with van der Waals surface area (Å²) < 4.78 is 0. The van der Waals surface area contributed by atoms with Gasteiger partial charge in [-0.25, -0.2) is 0 Å². The maximum absolute atomic E-state index is 2.00. The van der Waals surface area contributed by atoms with Crippen LogP contribution in [-0.4, -0.2) is 43.2 Å². The van der Waals surface area contributed by atoms with E-state index in [0.29, 0.717) is 0 Å². The second kappa shape index (κ2) is 16.7.